The van der Waals surface area contributed by atoms with Crippen LogP contribution in [0.3, 0.4) is 0 Å². The van der Waals surface area contributed by atoms with Crippen LogP contribution in [0.1, 0.15) is 24.7 Å². The van der Waals surface area contributed by atoms with Crippen molar-refractivity contribution in [2.75, 3.05) is 29.9 Å². The molecule has 1 N–H and O–H groups in total. The predicted octanol–water partition coefficient (Wildman–Crippen LogP) is 4.04. The summed E-state index contributed by atoms with van der Waals surface area (Å²) in [5.74, 6) is 0.852. The van der Waals surface area contributed by atoms with Crippen molar-refractivity contribution in [3.8, 4) is 0 Å². The summed E-state index contributed by atoms with van der Waals surface area (Å²) in [6.45, 7) is 1.31. The Hall–Kier alpha value is -2.87. The van der Waals surface area contributed by atoms with Crippen LogP contribution in [-0.4, -0.2) is 46.3 Å². The molecule has 1 aromatic heterocycles. The molecule has 30 heavy (non-hydrogen) atoms. The number of amides is 2. The predicted molar refractivity (Wildman–Crippen MR) is 115 cm³/mol. The average molecular weight is 428 g/mol. The Bertz CT molecular complexity index is 997. The summed E-state index contributed by atoms with van der Waals surface area (Å²) >= 11 is 1.28. The van der Waals surface area contributed by atoms with Crippen LogP contribution in [0.25, 0.3) is 11.1 Å². The van der Waals surface area contributed by atoms with Gasteiger partial charge in [-0.25, -0.2) is 9.37 Å². The molecule has 4 rings (SSSR count). The van der Waals surface area contributed by atoms with Crippen molar-refractivity contribution in [3.63, 3.8) is 0 Å². The van der Waals surface area contributed by atoms with Crippen LogP contribution in [0, 0.1) is 5.82 Å². The van der Waals surface area contributed by atoms with E-state index in [4.69, 9.17) is 4.42 Å². The number of hydrogen-bond acceptors (Lipinski definition) is 5. The van der Waals surface area contributed by atoms with Crippen molar-refractivity contribution >= 4 is 40.4 Å². The first-order chi connectivity index (χ1) is 14.6. The van der Waals surface area contributed by atoms with Gasteiger partial charge in [0, 0.05) is 24.7 Å². The minimum absolute atomic E-state index is 0.0330. The molecule has 2 aromatic carbocycles. The van der Waals surface area contributed by atoms with Crippen LogP contribution in [0.5, 0.6) is 0 Å². The highest BCUT2D eigenvalue weighted by atomic mass is 32.2. The third-order valence-electron chi connectivity index (χ3n) is 5.09. The number of nitrogens with zero attached hydrogens (tertiary/aromatic N) is 2. The highest BCUT2D eigenvalue weighted by Gasteiger charge is 2.27. The van der Waals surface area contributed by atoms with E-state index in [1.165, 1.54) is 36.0 Å². The number of fused-ring (bicyclic) bond motifs is 1. The number of oxazole rings is 1. The molecule has 1 fully saturated rings. The van der Waals surface area contributed by atoms with E-state index < -0.39 is 0 Å². The lowest BCUT2D eigenvalue weighted by Gasteiger charge is -2.30. The van der Waals surface area contributed by atoms with Gasteiger partial charge < -0.3 is 14.6 Å². The van der Waals surface area contributed by atoms with Gasteiger partial charge in [0.25, 0.3) is 0 Å². The third-order valence-corrected chi connectivity index (χ3v) is 6.01. The fourth-order valence-corrected chi connectivity index (χ4v) is 4.21. The number of rotatable bonds is 6. The molecule has 2 amide bonds. The Morgan fingerprint density at radius 1 is 1.10 bits per heavy atom. The molecule has 0 bridgehead atoms. The number of aromatic nitrogens is 1. The SMILES string of the molecule is O=C(CSCC(=O)N1CCC(c2nc3ccccc3o2)CC1)Nc1ccc(F)cc1. The summed E-state index contributed by atoms with van der Waals surface area (Å²) in [6.07, 6.45) is 1.63. The summed E-state index contributed by atoms with van der Waals surface area (Å²) in [7, 11) is 0. The first-order valence-electron chi connectivity index (χ1n) is 9.85. The molecule has 1 saturated heterocycles. The van der Waals surface area contributed by atoms with Crippen LogP contribution in [-0.2, 0) is 9.59 Å². The lowest BCUT2D eigenvalue weighted by Crippen LogP contribution is -2.39. The summed E-state index contributed by atoms with van der Waals surface area (Å²) < 4.78 is 18.8. The van der Waals surface area contributed by atoms with E-state index >= 15 is 0 Å². The van der Waals surface area contributed by atoms with Crippen LogP contribution in [0.2, 0.25) is 0 Å². The Balaban J connectivity index is 1.19. The second-order valence-corrected chi connectivity index (χ2v) is 8.21. The Morgan fingerprint density at radius 2 is 1.83 bits per heavy atom. The minimum atomic E-state index is -0.354. The second-order valence-electron chi connectivity index (χ2n) is 7.22. The number of thioether (sulfide) groups is 1. The number of nitrogens with one attached hydrogen (secondary N) is 1. The fourth-order valence-electron chi connectivity index (χ4n) is 3.49. The summed E-state index contributed by atoms with van der Waals surface area (Å²) in [5.41, 5.74) is 2.19. The van der Waals surface area contributed by atoms with E-state index in [0.717, 1.165) is 29.8 Å². The minimum Gasteiger partial charge on any atom is -0.440 e. The van der Waals surface area contributed by atoms with Crippen LogP contribution >= 0.6 is 11.8 Å². The van der Waals surface area contributed by atoms with Gasteiger partial charge in [-0.1, -0.05) is 12.1 Å². The zero-order chi connectivity index (χ0) is 20.9. The highest BCUT2D eigenvalue weighted by molar-refractivity contribution is 8.00. The van der Waals surface area contributed by atoms with Gasteiger partial charge in [-0.3, -0.25) is 9.59 Å². The van der Waals surface area contributed by atoms with E-state index in [2.05, 4.69) is 10.3 Å². The maximum absolute atomic E-state index is 12.9. The van der Waals surface area contributed by atoms with E-state index in [1.807, 2.05) is 29.2 Å². The maximum Gasteiger partial charge on any atom is 0.234 e. The summed E-state index contributed by atoms with van der Waals surface area (Å²) in [5, 5.41) is 2.69. The number of benzene rings is 2. The molecule has 6 nitrogen and oxygen atoms in total. The fraction of sp³-hybridized carbons (Fsp3) is 0.318. The average Bonchev–Trinajstić information content (AvgIpc) is 3.20. The van der Waals surface area contributed by atoms with Crippen molar-refractivity contribution in [1.29, 1.82) is 0 Å². The first kappa shape index (κ1) is 20.4. The number of carbonyl (C=O) groups is 2. The van der Waals surface area contributed by atoms with Gasteiger partial charge in [0.2, 0.25) is 11.8 Å². The molecule has 156 valence electrons. The zero-order valence-electron chi connectivity index (χ0n) is 16.3. The van der Waals surface area contributed by atoms with Crippen molar-refractivity contribution in [3.05, 3.63) is 60.2 Å². The molecular weight excluding hydrogens is 405 g/mol. The van der Waals surface area contributed by atoms with Gasteiger partial charge in [0.05, 0.1) is 11.5 Å². The number of piperidine rings is 1. The zero-order valence-corrected chi connectivity index (χ0v) is 17.2. The van der Waals surface area contributed by atoms with Crippen molar-refractivity contribution in [1.82, 2.24) is 9.88 Å². The number of likely N-dealkylation sites (tertiary alicyclic amines) is 1. The largest absolute Gasteiger partial charge is 0.440 e. The Morgan fingerprint density at radius 3 is 2.57 bits per heavy atom. The summed E-state index contributed by atoms with van der Waals surface area (Å²) in [6, 6.07) is 13.3. The highest BCUT2D eigenvalue weighted by Crippen LogP contribution is 2.30. The topological polar surface area (TPSA) is 75.4 Å². The molecule has 0 saturated carbocycles. The van der Waals surface area contributed by atoms with Gasteiger partial charge in [-0.05, 0) is 49.2 Å². The molecule has 0 atom stereocenters. The standard InChI is InChI=1S/C22H22FN3O3S/c23-16-5-7-17(8-6-16)24-20(27)13-30-14-21(28)26-11-9-15(10-12-26)22-25-18-3-1-2-4-19(18)29-22/h1-8,15H,9-14H2,(H,24,27). The molecule has 1 aliphatic heterocycles. The lowest BCUT2D eigenvalue weighted by molar-refractivity contribution is -0.129. The first-order valence-corrected chi connectivity index (χ1v) is 11.0. The molecule has 0 radical (unpaired) electrons. The van der Waals surface area contributed by atoms with Crippen molar-refractivity contribution in [2.24, 2.45) is 0 Å². The molecule has 1 aliphatic rings. The second kappa shape index (κ2) is 9.30. The lowest BCUT2D eigenvalue weighted by atomic mass is 9.97. The van der Waals surface area contributed by atoms with E-state index in [-0.39, 0.29) is 35.1 Å². The van der Waals surface area contributed by atoms with Gasteiger partial charge in [-0.2, -0.15) is 0 Å². The van der Waals surface area contributed by atoms with Crippen molar-refractivity contribution in [2.45, 2.75) is 18.8 Å². The normalized spacial score (nSPS) is 14.8. The summed E-state index contributed by atoms with van der Waals surface area (Å²) in [4.78, 5) is 30.8. The molecule has 3 aromatic rings. The Labute approximate surface area is 177 Å². The molecular formula is C22H22FN3O3S. The Kier molecular flexibility index (Phi) is 6.32. The van der Waals surface area contributed by atoms with Gasteiger partial charge in [-0.15, -0.1) is 11.8 Å². The third kappa shape index (κ3) is 4.99. The smallest absolute Gasteiger partial charge is 0.234 e. The molecule has 0 unspecified atom stereocenters. The quantitative estimate of drug-likeness (QED) is 0.643. The van der Waals surface area contributed by atoms with Crippen LogP contribution in [0.4, 0.5) is 10.1 Å². The number of halogens is 1. The molecule has 0 aliphatic carbocycles. The van der Waals surface area contributed by atoms with E-state index in [1.54, 1.807) is 0 Å². The van der Waals surface area contributed by atoms with Crippen LogP contribution < -0.4 is 5.32 Å². The van der Waals surface area contributed by atoms with Gasteiger partial charge in [0.1, 0.15) is 11.3 Å². The monoisotopic (exact) mass is 427 g/mol. The number of anilines is 1. The van der Waals surface area contributed by atoms with Gasteiger partial charge >= 0.3 is 0 Å². The maximum atomic E-state index is 12.9. The number of para-hydroxylation sites is 2. The van der Waals surface area contributed by atoms with Gasteiger partial charge in [0.15, 0.2) is 11.5 Å². The number of hydrogen-bond donors (Lipinski definition) is 1. The molecule has 8 heteroatoms. The van der Waals surface area contributed by atoms with E-state index in [0.29, 0.717) is 18.8 Å². The van der Waals surface area contributed by atoms with Crippen molar-refractivity contribution < 1.29 is 18.4 Å². The molecule has 0 spiro atoms. The van der Waals surface area contributed by atoms with E-state index in [9.17, 15) is 14.0 Å². The molecule has 2 heterocycles. The number of carbonyl (C=O) groups excluding carboxylic acids is 2. The van der Waals surface area contributed by atoms with Crippen LogP contribution in [0.15, 0.2) is 52.9 Å².